The Morgan fingerprint density at radius 1 is 1.27 bits per heavy atom. The van der Waals surface area contributed by atoms with E-state index in [1.54, 1.807) is 31.6 Å². The average Bonchev–Trinajstić information content (AvgIpc) is 2.29. The molecule has 0 fully saturated rings. The van der Waals surface area contributed by atoms with Crippen LogP contribution in [-0.2, 0) is 0 Å². The lowest BCUT2D eigenvalue weighted by molar-refractivity contribution is 0.398. The average molecular weight is 203 g/mol. The zero-order valence-electron chi connectivity index (χ0n) is 8.10. The zero-order chi connectivity index (χ0) is 10.7. The number of H-pyrrole nitrogens is 1. The Labute approximate surface area is 85.8 Å². The Hall–Kier alpha value is -2.17. The van der Waals surface area contributed by atoms with Crippen molar-refractivity contribution in [2.45, 2.75) is 0 Å². The van der Waals surface area contributed by atoms with Crippen LogP contribution in [0.15, 0.2) is 35.5 Å². The molecule has 0 radical (unpaired) electrons. The molecule has 0 aliphatic heterocycles. The fraction of sp³-hybridized carbons (Fsp3) is 0.100. The van der Waals surface area contributed by atoms with Gasteiger partial charge in [-0.25, -0.2) is 4.98 Å². The molecule has 15 heavy (non-hydrogen) atoms. The van der Waals surface area contributed by atoms with Crippen LogP contribution in [0.25, 0.3) is 11.3 Å². The number of hydrogen-bond donors (Lipinski definition) is 1. The number of aromatic amines is 1. The summed E-state index contributed by atoms with van der Waals surface area (Å²) in [6, 6.07) is 3.53. The smallest absolute Gasteiger partial charge is 0.266 e. The molecule has 0 saturated heterocycles. The van der Waals surface area contributed by atoms with Gasteiger partial charge in [-0.3, -0.25) is 9.78 Å². The summed E-state index contributed by atoms with van der Waals surface area (Å²) in [5.74, 6) is 0.532. The van der Waals surface area contributed by atoms with Crippen LogP contribution in [0, 0.1) is 0 Å². The highest BCUT2D eigenvalue weighted by atomic mass is 16.5. The number of nitrogens with one attached hydrogen (secondary N) is 1. The van der Waals surface area contributed by atoms with E-state index in [4.69, 9.17) is 4.74 Å². The number of pyridine rings is 1. The Bertz CT molecular complexity index is 505. The molecule has 2 heterocycles. The van der Waals surface area contributed by atoms with Crippen LogP contribution in [0.5, 0.6) is 5.88 Å². The minimum Gasteiger partial charge on any atom is -0.481 e. The highest BCUT2D eigenvalue weighted by Gasteiger charge is 1.99. The van der Waals surface area contributed by atoms with Gasteiger partial charge in [0.15, 0.2) is 0 Å². The molecule has 0 atom stereocenters. The molecule has 76 valence electrons. The molecule has 1 N–H and O–H groups in total. The van der Waals surface area contributed by atoms with Crippen molar-refractivity contribution in [1.29, 1.82) is 0 Å². The van der Waals surface area contributed by atoms with E-state index < -0.39 is 0 Å². The van der Waals surface area contributed by atoms with E-state index in [9.17, 15) is 4.79 Å². The standard InChI is InChI=1S/C10H9N3O2/c1-15-10-3-2-7(4-12-10)8-5-11-6-9(14)13-8/h2-6H,1H3,(H,13,14). The fourth-order valence-electron chi connectivity index (χ4n) is 1.18. The highest BCUT2D eigenvalue weighted by molar-refractivity contribution is 5.56. The maximum atomic E-state index is 11.0. The third-order valence-corrected chi connectivity index (χ3v) is 1.91. The molecule has 0 unspecified atom stereocenters. The zero-order valence-corrected chi connectivity index (χ0v) is 8.10. The van der Waals surface area contributed by atoms with Crippen molar-refractivity contribution in [3.63, 3.8) is 0 Å². The molecular formula is C10H9N3O2. The topological polar surface area (TPSA) is 67.9 Å². The van der Waals surface area contributed by atoms with Gasteiger partial charge in [-0.15, -0.1) is 0 Å². The second kappa shape index (κ2) is 3.91. The number of rotatable bonds is 2. The molecule has 2 aromatic rings. The van der Waals surface area contributed by atoms with Crippen LogP contribution in [-0.4, -0.2) is 22.1 Å². The number of nitrogens with zero attached hydrogens (tertiary/aromatic N) is 2. The van der Waals surface area contributed by atoms with Gasteiger partial charge in [-0.2, -0.15) is 0 Å². The minimum absolute atomic E-state index is 0.233. The van der Waals surface area contributed by atoms with Crippen LogP contribution in [0.3, 0.4) is 0 Å². The SMILES string of the molecule is COc1ccc(-c2cncc(=O)[nH]2)cn1. The third-order valence-electron chi connectivity index (χ3n) is 1.91. The monoisotopic (exact) mass is 203 g/mol. The van der Waals surface area contributed by atoms with E-state index in [0.717, 1.165) is 5.56 Å². The van der Waals surface area contributed by atoms with E-state index >= 15 is 0 Å². The molecule has 0 amide bonds. The van der Waals surface area contributed by atoms with E-state index in [1.807, 2.05) is 0 Å². The van der Waals surface area contributed by atoms with E-state index in [2.05, 4.69) is 15.0 Å². The molecule has 2 rings (SSSR count). The Morgan fingerprint density at radius 2 is 2.13 bits per heavy atom. The maximum absolute atomic E-state index is 11.0. The molecule has 0 aliphatic rings. The van der Waals surface area contributed by atoms with Crippen molar-refractivity contribution in [2.24, 2.45) is 0 Å². The molecule has 0 saturated carbocycles. The Kier molecular flexibility index (Phi) is 2.45. The predicted molar refractivity (Wildman–Crippen MR) is 54.6 cm³/mol. The third kappa shape index (κ3) is 2.01. The van der Waals surface area contributed by atoms with Gasteiger partial charge in [0.05, 0.1) is 25.2 Å². The lowest BCUT2D eigenvalue weighted by Gasteiger charge is -2.01. The highest BCUT2D eigenvalue weighted by Crippen LogP contribution is 2.15. The van der Waals surface area contributed by atoms with Gasteiger partial charge >= 0.3 is 0 Å². The van der Waals surface area contributed by atoms with Gasteiger partial charge in [-0.1, -0.05) is 0 Å². The van der Waals surface area contributed by atoms with Crippen molar-refractivity contribution in [3.05, 3.63) is 41.1 Å². The summed E-state index contributed by atoms with van der Waals surface area (Å²) < 4.78 is 4.93. The van der Waals surface area contributed by atoms with Gasteiger partial charge < -0.3 is 9.72 Å². The van der Waals surface area contributed by atoms with Gasteiger partial charge in [0.1, 0.15) is 0 Å². The summed E-state index contributed by atoms with van der Waals surface area (Å²) in [4.78, 5) is 21.5. The molecule has 0 bridgehead atoms. The molecule has 0 aliphatic carbocycles. The molecule has 5 heteroatoms. The lowest BCUT2D eigenvalue weighted by Crippen LogP contribution is -2.05. The summed E-state index contributed by atoms with van der Waals surface area (Å²) >= 11 is 0. The van der Waals surface area contributed by atoms with Gasteiger partial charge in [0.25, 0.3) is 5.56 Å². The summed E-state index contributed by atoms with van der Waals surface area (Å²) in [5, 5.41) is 0. The van der Waals surface area contributed by atoms with Crippen molar-refractivity contribution in [3.8, 4) is 17.1 Å². The van der Waals surface area contributed by atoms with Crippen LogP contribution in [0.2, 0.25) is 0 Å². The molecular weight excluding hydrogens is 194 g/mol. The largest absolute Gasteiger partial charge is 0.481 e. The van der Waals surface area contributed by atoms with Gasteiger partial charge in [0, 0.05) is 17.8 Å². The fourth-order valence-corrected chi connectivity index (χ4v) is 1.18. The number of aromatic nitrogens is 3. The van der Waals surface area contributed by atoms with E-state index in [-0.39, 0.29) is 5.56 Å². The van der Waals surface area contributed by atoms with Crippen molar-refractivity contribution in [1.82, 2.24) is 15.0 Å². The Morgan fingerprint density at radius 3 is 2.73 bits per heavy atom. The summed E-state index contributed by atoms with van der Waals surface area (Å²) in [5.41, 5.74) is 1.20. The first kappa shape index (κ1) is 9.39. The Balaban J connectivity index is 2.41. The molecule has 0 aromatic carbocycles. The van der Waals surface area contributed by atoms with Crippen molar-refractivity contribution in [2.75, 3.05) is 7.11 Å². The van der Waals surface area contributed by atoms with E-state index in [0.29, 0.717) is 11.6 Å². The number of methoxy groups -OCH3 is 1. The van der Waals surface area contributed by atoms with Crippen molar-refractivity contribution >= 4 is 0 Å². The lowest BCUT2D eigenvalue weighted by atomic mass is 10.2. The van der Waals surface area contributed by atoms with Gasteiger partial charge in [-0.05, 0) is 6.07 Å². The molecule has 2 aromatic heterocycles. The summed E-state index contributed by atoms with van der Waals surface area (Å²) in [7, 11) is 1.55. The summed E-state index contributed by atoms with van der Waals surface area (Å²) in [6.45, 7) is 0. The number of hydrogen-bond acceptors (Lipinski definition) is 4. The summed E-state index contributed by atoms with van der Waals surface area (Å²) in [6.07, 6.45) is 4.41. The quantitative estimate of drug-likeness (QED) is 0.785. The van der Waals surface area contributed by atoms with Crippen LogP contribution in [0.4, 0.5) is 0 Å². The predicted octanol–water partition coefficient (Wildman–Crippen LogP) is 0.840. The van der Waals surface area contributed by atoms with Crippen molar-refractivity contribution < 1.29 is 4.74 Å². The van der Waals surface area contributed by atoms with Crippen LogP contribution in [0.1, 0.15) is 0 Å². The molecule has 0 spiro atoms. The first-order valence-electron chi connectivity index (χ1n) is 4.34. The molecule has 5 nitrogen and oxygen atoms in total. The second-order valence-electron chi connectivity index (χ2n) is 2.90. The normalized spacial score (nSPS) is 9.93. The number of ether oxygens (including phenoxy) is 1. The minimum atomic E-state index is -0.233. The van der Waals surface area contributed by atoms with Gasteiger partial charge in [0.2, 0.25) is 5.88 Å². The second-order valence-corrected chi connectivity index (χ2v) is 2.90. The first-order chi connectivity index (χ1) is 7.29. The van der Waals surface area contributed by atoms with Crippen LogP contribution >= 0.6 is 0 Å². The van der Waals surface area contributed by atoms with Crippen LogP contribution < -0.4 is 10.3 Å². The maximum Gasteiger partial charge on any atom is 0.266 e. The van der Waals surface area contributed by atoms with E-state index in [1.165, 1.54) is 6.20 Å². The first-order valence-corrected chi connectivity index (χ1v) is 4.34.